The minimum Gasteiger partial charge on any atom is -0.493 e. The minimum absolute atomic E-state index is 0.545. The van der Waals surface area contributed by atoms with E-state index in [9.17, 15) is 0 Å². The first-order valence-electron chi connectivity index (χ1n) is 4.38. The molecule has 3 heteroatoms. The number of ether oxygens (including phenoxy) is 2. The number of hydrogen-bond acceptors (Lipinski definition) is 3. The van der Waals surface area contributed by atoms with Crippen LogP contribution in [-0.4, -0.2) is 13.7 Å². The van der Waals surface area contributed by atoms with Gasteiger partial charge in [0.25, 0.3) is 0 Å². The highest BCUT2D eigenvalue weighted by Gasteiger charge is 2.17. The maximum Gasteiger partial charge on any atom is 0.164 e. The van der Waals surface area contributed by atoms with Gasteiger partial charge in [0, 0.05) is 18.5 Å². The van der Waals surface area contributed by atoms with E-state index in [1.54, 1.807) is 7.11 Å². The van der Waals surface area contributed by atoms with Gasteiger partial charge in [-0.05, 0) is 11.6 Å². The lowest BCUT2D eigenvalue weighted by atomic mass is 10.1. The Labute approximate surface area is 77.5 Å². The van der Waals surface area contributed by atoms with Crippen LogP contribution in [0.5, 0.6) is 11.5 Å². The molecular weight excluding hydrogens is 166 g/mol. The Balaban J connectivity index is 2.49. The first-order valence-corrected chi connectivity index (χ1v) is 4.38. The molecule has 70 valence electrons. The molecule has 1 aliphatic rings. The molecule has 1 heterocycles. The quantitative estimate of drug-likeness (QED) is 0.739. The standard InChI is InChI=1S/C10H13NO2/c1-12-9-5-7(6-11)4-8-2-3-13-10(8)9/h4-5H,2-3,6,11H2,1H3. The van der Waals surface area contributed by atoms with Crippen LogP contribution in [0.4, 0.5) is 0 Å². The summed E-state index contributed by atoms with van der Waals surface area (Å²) in [5, 5.41) is 0. The second kappa shape index (κ2) is 3.26. The molecule has 1 aliphatic heterocycles. The van der Waals surface area contributed by atoms with Crippen LogP contribution in [-0.2, 0) is 13.0 Å². The zero-order valence-corrected chi connectivity index (χ0v) is 7.67. The molecule has 0 unspecified atom stereocenters. The number of benzene rings is 1. The molecule has 0 fully saturated rings. The molecule has 0 amide bonds. The van der Waals surface area contributed by atoms with E-state index in [2.05, 4.69) is 6.07 Å². The summed E-state index contributed by atoms with van der Waals surface area (Å²) >= 11 is 0. The lowest BCUT2D eigenvalue weighted by Gasteiger charge is -2.08. The van der Waals surface area contributed by atoms with Crippen molar-refractivity contribution in [2.24, 2.45) is 5.73 Å². The number of hydrogen-bond donors (Lipinski definition) is 1. The van der Waals surface area contributed by atoms with Gasteiger partial charge in [-0.1, -0.05) is 6.07 Å². The third-order valence-corrected chi connectivity index (χ3v) is 2.26. The second-order valence-electron chi connectivity index (χ2n) is 3.09. The Bertz CT molecular complexity index is 323. The van der Waals surface area contributed by atoms with Gasteiger partial charge < -0.3 is 15.2 Å². The Morgan fingerprint density at radius 1 is 1.54 bits per heavy atom. The molecule has 13 heavy (non-hydrogen) atoms. The first kappa shape index (κ1) is 8.38. The number of fused-ring (bicyclic) bond motifs is 1. The van der Waals surface area contributed by atoms with Gasteiger partial charge >= 0.3 is 0 Å². The van der Waals surface area contributed by atoms with E-state index in [1.807, 2.05) is 6.07 Å². The van der Waals surface area contributed by atoms with E-state index in [0.717, 1.165) is 30.1 Å². The molecule has 3 nitrogen and oxygen atoms in total. The summed E-state index contributed by atoms with van der Waals surface area (Å²) in [5.74, 6) is 1.69. The highest BCUT2D eigenvalue weighted by atomic mass is 16.5. The predicted molar refractivity (Wildman–Crippen MR) is 50.1 cm³/mol. The molecule has 2 N–H and O–H groups in total. The lowest BCUT2D eigenvalue weighted by molar-refractivity contribution is 0.326. The summed E-state index contributed by atoms with van der Waals surface area (Å²) in [4.78, 5) is 0. The fourth-order valence-corrected chi connectivity index (χ4v) is 1.61. The van der Waals surface area contributed by atoms with Crippen LogP contribution in [0.2, 0.25) is 0 Å². The number of rotatable bonds is 2. The van der Waals surface area contributed by atoms with Crippen molar-refractivity contribution in [1.82, 2.24) is 0 Å². The largest absolute Gasteiger partial charge is 0.493 e. The predicted octanol–water partition coefficient (Wildman–Crippen LogP) is 1.09. The van der Waals surface area contributed by atoms with Crippen molar-refractivity contribution in [3.8, 4) is 11.5 Å². The number of nitrogens with two attached hydrogens (primary N) is 1. The van der Waals surface area contributed by atoms with Crippen molar-refractivity contribution < 1.29 is 9.47 Å². The first-order chi connectivity index (χ1) is 6.35. The molecule has 0 saturated heterocycles. The van der Waals surface area contributed by atoms with Crippen molar-refractivity contribution in [3.05, 3.63) is 23.3 Å². The van der Waals surface area contributed by atoms with Crippen LogP contribution in [0.25, 0.3) is 0 Å². The summed E-state index contributed by atoms with van der Waals surface area (Å²) in [6.45, 7) is 1.29. The fraction of sp³-hybridized carbons (Fsp3) is 0.400. The van der Waals surface area contributed by atoms with Crippen molar-refractivity contribution in [2.45, 2.75) is 13.0 Å². The summed E-state index contributed by atoms with van der Waals surface area (Å²) in [6, 6.07) is 4.02. The van der Waals surface area contributed by atoms with Crippen molar-refractivity contribution in [3.63, 3.8) is 0 Å². The van der Waals surface area contributed by atoms with Crippen LogP contribution in [0.15, 0.2) is 12.1 Å². The molecule has 0 bridgehead atoms. The Morgan fingerprint density at radius 3 is 3.08 bits per heavy atom. The normalized spacial score (nSPS) is 13.7. The van der Waals surface area contributed by atoms with E-state index < -0.39 is 0 Å². The summed E-state index contributed by atoms with van der Waals surface area (Å²) in [5.41, 5.74) is 7.88. The van der Waals surface area contributed by atoms with Crippen molar-refractivity contribution >= 4 is 0 Å². The molecule has 0 aromatic heterocycles. The van der Waals surface area contributed by atoms with E-state index >= 15 is 0 Å². The van der Waals surface area contributed by atoms with Crippen LogP contribution in [0, 0.1) is 0 Å². The average Bonchev–Trinajstić information content (AvgIpc) is 2.63. The van der Waals surface area contributed by atoms with Crippen molar-refractivity contribution in [2.75, 3.05) is 13.7 Å². The van der Waals surface area contributed by atoms with Gasteiger partial charge in [0.1, 0.15) is 0 Å². The van der Waals surface area contributed by atoms with E-state index in [1.165, 1.54) is 5.56 Å². The maximum absolute atomic E-state index is 5.57. The third-order valence-electron chi connectivity index (χ3n) is 2.26. The Morgan fingerprint density at radius 2 is 2.38 bits per heavy atom. The van der Waals surface area contributed by atoms with Crippen LogP contribution < -0.4 is 15.2 Å². The lowest BCUT2D eigenvalue weighted by Crippen LogP contribution is -1.98. The zero-order valence-electron chi connectivity index (χ0n) is 7.67. The van der Waals surface area contributed by atoms with Gasteiger partial charge in [0.2, 0.25) is 0 Å². The summed E-state index contributed by atoms with van der Waals surface area (Å²) < 4.78 is 10.7. The second-order valence-corrected chi connectivity index (χ2v) is 3.09. The molecule has 1 aromatic rings. The van der Waals surface area contributed by atoms with Gasteiger partial charge in [0.15, 0.2) is 11.5 Å². The minimum atomic E-state index is 0.545. The highest BCUT2D eigenvalue weighted by molar-refractivity contribution is 5.51. The molecule has 0 spiro atoms. The SMILES string of the molecule is COc1cc(CN)cc2c1OCC2. The molecule has 0 saturated carbocycles. The van der Waals surface area contributed by atoms with Crippen LogP contribution >= 0.6 is 0 Å². The average molecular weight is 179 g/mol. The Kier molecular flexibility index (Phi) is 2.10. The smallest absolute Gasteiger partial charge is 0.164 e. The topological polar surface area (TPSA) is 44.5 Å². The Hall–Kier alpha value is -1.22. The zero-order chi connectivity index (χ0) is 9.26. The third kappa shape index (κ3) is 1.35. The van der Waals surface area contributed by atoms with Gasteiger partial charge in [-0.3, -0.25) is 0 Å². The fourth-order valence-electron chi connectivity index (χ4n) is 1.61. The van der Waals surface area contributed by atoms with Crippen LogP contribution in [0.3, 0.4) is 0 Å². The van der Waals surface area contributed by atoms with Gasteiger partial charge in [-0.25, -0.2) is 0 Å². The molecule has 0 aliphatic carbocycles. The summed E-state index contributed by atoms with van der Waals surface area (Å²) in [7, 11) is 1.65. The highest BCUT2D eigenvalue weighted by Crippen LogP contribution is 2.36. The molecule has 1 aromatic carbocycles. The van der Waals surface area contributed by atoms with E-state index in [-0.39, 0.29) is 0 Å². The van der Waals surface area contributed by atoms with Gasteiger partial charge in [-0.2, -0.15) is 0 Å². The maximum atomic E-state index is 5.57. The van der Waals surface area contributed by atoms with Gasteiger partial charge in [-0.15, -0.1) is 0 Å². The monoisotopic (exact) mass is 179 g/mol. The van der Waals surface area contributed by atoms with Gasteiger partial charge in [0.05, 0.1) is 13.7 Å². The number of methoxy groups -OCH3 is 1. The molecular formula is C10H13NO2. The molecule has 0 atom stereocenters. The van der Waals surface area contributed by atoms with E-state index in [0.29, 0.717) is 6.54 Å². The molecule has 2 rings (SSSR count). The van der Waals surface area contributed by atoms with E-state index in [4.69, 9.17) is 15.2 Å². The molecule has 0 radical (unpaired) electrons. The van der Waals surface area contributed by atoms with Crippen molar-refractivity contribution in [1.29, 1.82) is 0 Å². The van der Waals surface area contributed by atoms with Crippen LogP contribution in [0.1, 0.15) is 11.1 Å². The summed E-state index contributed by atoms with van der Waals surface area (Å²) in [6.07, 6.45) is 0.958.